The third-order valence-electron chi connectivity index (χ3n) is 4.80. The zero-order valence-electron chi connectivity index (χ0n) is 20.3. The summed E-state index contributed by atoms with van der Waals surface area (Å²) in [6.07, 6.45) is -8.46. The summed E-state index contributed by atoms with van der Waals surface area (Å²) in [7, 11) is 1.20. The van der Waals surface area contributed by atoms with Crippen LogP contribution in [0, 0.1) is 16.7 Å². The molecule has 3 N–H and O–H groups in total. The number of hydrogen-bond acceptors (Lipinski definition) is 6. The van der Waals surface area contributed by atoms with E-state index in [0.717, 1.165) is 47.4 Å². The number of aliphatic imine (C=N–C) groups is 1. The molecule has 0 aliphatic carbocycles. The molecular formula is C25H18ClF6N5O3. The van der Waals surface area contributed by atoms with Crippen molar-refractivity contribution in [2.75, 3.05) is 13.6 Å². The summed E-state index contributed by atoms with van der Waals surface area (Å²) in [6, 6.07) is 8.56. The predicted octanol–water partition coefficient (Wildman–Crippen LogP) is 5.02. The number of nitriles is 1. The van der Waals surface area contributed by atoms with Gasteiger partial charge in [-0.3, -0.25) is 9.59 Å². The second-order valence-corrected chi connectivity index (χ2v) is 8.34. The van der Waals surface area contributed by atoms with Crippen molar-refractivity contribution >= 4 is 35.8 Å². The number of primary amides is 1. The van der Waals surface area contributed by atoms with Crippen molar-refractivity contribution in [1.82, 2.24) is 4.90 Å². The third kappa shape index (κ3) is 8.98. The summed E-state index contributed by atoms with van der Waals surface area (Å²) in [5.41, 5.74) is 1.88. The molecule has 0 bridgehead atoms. The lowest BCUT2D eigenvalue weighted by Gasteiger charge is -2.16. The molecule has 210 valence electrons. The molecule has 0 aliphatic rings. The molecule has 0 saturated heterocycles. The molecule has 0 radical (unpaired) electrons. The van der Waals surface area contributed by atoms with Gasteiger partial charge in [-0.05, 0) is 42.0 Å². The normalized spacial score (nSPS) is 12.9. The second kappa shape index (κ2) is 12.9. The van der Waals surface area contributed by atoms with Crippen LogP contribution in [0.5, 0.6) is 5.75 Å². The summed E-state index contributed by atoms with van der Waals surface area (Å²) in [5, 5.41) is 17.0. The Morgan fingerprint density at radius 3 is 2.30 bits per heavy atom. The van der Waals surface area contributed by atoms with Gasteiger partial charge in [-0.25, -0.2) is 4.99 Å². The van der Waals surface area contributed by atoms with Crippen LogP contribution in [0.25, 0.3) is 0 Å². The fraction of sp³-hybridized carbons (Fsp3) is 0.160. The van der Waals surface area contributed by atoms with Crippen LogP contribution in [0.3, 0.4) is 0 Å². The van der Waals surface area contributed by atoms with Crippen molar-refractivity contribution in [2.24, 2.45) is 10.7 Å². The van der Waals surface area contributed by atoms with E-state index in [1.165, 1.54) is 13.1 Å². The molecule has 0 spiro atoms. The Hall–Kier alpha value is -4.64. The van der Waals surface area contributed by atoms with Crippen LogP contribution < -0.4 is 10.5 Å². The summed E-state index contributed by atoms with van der Waals surface area (Å²) in [6.45, 7) is -0.468. The van der Waals surface area contributed by atoms with E-state index in [1.807, 2.05) is 0 Å². The zero-order valence-corrected chi connectivity index (χ0v) is 21.0. The fourth-order valence-electron chi connectivity index (χ4n) is 2.97. The van der Waals surface area contributed by atoms with Crippen LogP contribution in [0.2, 0.25) is 5.02 Å². The van der Waals surface area contributed by atoms with E-state index < -0.39 is 47.5 Å². The maximum atomic E-state index is 13.7. The van der Waals surface area contributed by atoms with Gasteiger partial charge in [0.1, 0.15) is 5.75 Å². The molecule has 0 aromatic heterocycles. The molecule has 0 fully saturated rings. The molecule has 0 atom stereocenters. The highest BCUT2D eigenvalue weighted by atomic mass is 35.5. The van der Waals surface area contributed by atoms with E-state index >= 15 is 0 Å². The number of aldehydes is 1. The molecule has 0 aliphatic heterocycles. The first-order valence-electron chi connectivity index (χ1n) is 10.7. The van der Waals surface area contributed by atoms with Crippen LogP contribution in [0.15, 0.2) is 70.6 Å². The Balaban J connectivity index is 2.32. The van der Waals surface area contributed by atoms with Crippen molar-refractivity contribution < 1.29 is 40.7 Å². The first-order chi connectivity index (χ1) is 18.5. The minimum absolute atomic E-state index is 0.0127. The quantitative estimate of drug-likeness (QED) is 0.101. The highest BCUT2D eigenvalue weighted by Gasteiger charge is 2.38. The number of allylic oxidation sites excluding steroid dienone is 3. The Morgan fingerprint density at radius 2 is 1.80 bits per heavy atom. The number of carbonyl (C=O) groups is 2. The van der Waals surface area contributed by atoms with Gasteiger partial charge >= 0.3 is 12.4 Å². The van der Waals surface area contributed by atoms with E-state index in [2.05, 4.69) is 4.99 Å². The molecule has 1 amide bonds. The molecule has 2 aromatic carbocycles. The van der Waals surface area contributed by atoms with Gasteiger partial charge in [-0.2, -0.15) is 31.6 Å². The number of halogens is 7. The van der Waals surface area contributed by atoms with Gasteiger partial charge in [0.15, 0.2) is 17.7 Å². The van der Waals surface area contributed by atoms with Gasteiger partial charge in [-0.15, -0.1) is 0 Å². The summed E-state index contributed by atoms with van der Waals surface area (Å²) in [5.74, 6) is -2.65. The van der Waals surface area contributed by atoms with E-state index in [4.69, 9.17) is 32.7 Å². The molecule has 2 rings (SSSR count). The molecule has 0 heterocycles. The number of nitrogens with one attached hydrogen (secondary N) is 1. The van der Waals surface area contributed by atoms with Crippen molar-refractivity contribution in [3.8, 4) is 11.8 Å². The summed E-state index contributed by atoms with van der Waals surface area (Å²) >= 11 is 5.80. The lowest BCUT2D eigenvalue weighted by Crippen LogP contribution is -2.28. The monoisotopic (exact) mass is 585 g/mol. The van der Waals surface area contributed by atoms with Crippen LogP contribution in [-0.4, -0.2) is 48.9 Å². The third-order valence-corrected chi connectivity index (χ3v) is 5.02. The largest absolute Gasteiger partial charge is 0.452 e. The number of nitrogens with two attached hydrogens (primary N) is 1. The Kier molecular flexibility index (Phi) is 10.2. The average molecular weight is 586 g/mol. The number of alkyl halides is 6. The number of carbonyl (C=O) groups excluding carboxylic acids is 2. The first-order valence-corrected chi connectivity index (χ1v) is 11.1. The van der Waals surface area contributed by atoms with Gasteiger partial charge < -0.3 is 20.8 Å². The van der Waals surface area contributed by atoms with Crippen LogP contribution in [-0.2, 0) is 15.8 Å². The highest BCUT2D eigenvalue weighted by Crippen LogP contribution is 2.31. The van der Waals surface area contributed by atoms with Gasteiger partial charge in [0, 0.05) is 24.2 Å². The molecule has 15 heteroatoms. The summed E-state index contributed by atoms with van der Waals surface area (Å²) < 4.78 is 84.3. The highest BCUT2D eigenvalue weighted by molar-refractivity contribution is 6.30. The topological polar surface area (TPSA) is 133 Å². The number of benzene rings is 2. The maximum Gasteiger partial charge on any atom is 0.437 e. The minimum Gasteiger partial charge on any atom is -0.452 e. The van der Waals surface area contributed by atoms with Crippen molar-refractivity contribution in [3.05, 3.63) is 87.3 Å². The van der Waals surface area contributed by atoms with Crippen LogP contribution in [0.4, 0.5) is 26.3 Å². The van der Waals surface area contributed by atoms with E-state index in [0.29, 0.717) is 6.34 Å². The van der Waals surface area contributed by atoms with E-state index in [-0.39, 0.29) is 33.8 Å². The molecule has 2 aromatic rings. The predicted molar refractivity (Wildman–Crippen MR) is 133 cm³/mol. The Labute approximate surface area is 228 Å². The van der Waals surface area contributed by atoms with Crippen molar-refractivity contribution in [3.63, 3.8) is 0 Å². The van der Waals surface area contributed by atoms with Crippen molar-refractivity contribution in [2.45, 2.75) is 12.4 Å². The molecule has 0 unspecified atom stereocenters. The van der Waals surface area contributed by atoms with Crippen molar-refractivity contribution in [1.29, 1.82) is 10.7 Å². The molecule has 40 heavy (non-hydrogen) atoms. The summed E-state index contributed by atoms with van der Waals surface area (Å²) in [4.78, 5) is 27.6. The van der Waals surface area contributed by atoms with Gasteiger partial charge in [0.25, 0.3) is 0 Å². The standard InChI is InChI=1S/C25H18ClF6N5O3/c1-37(11-16(23(35)39)8-20(34)15-2-4-17(5-3-15)24(27,28)29)13-36-22(25(30,31)32)21(12-38)40-19-7-14(10-33)6-18(26)9-19/h2-9,12-13,34H,11H2,1H3,(H2,35,39)/b16-8-,22-21+,34-20?,36-13?. The second-order valence-electron chi connectivity index (χ2n) is 7.90. The SMILES string of the molecule is CN(C=N/C(=C(\C=O)Oc1cc(Cl)cc(C#N)c1)C(F)(F)F)C/C(=C/C(=N)c1ccc(C(F)(F)F)cc1)C(N)=O. The van der Waals surface area contributed by atoms with Gasteiger partial charge in [0.2, 0.25) is 5.91 Å². The van der Waals surface area contributed by atoms with Crippen LogP contribution >= 0.6 is 11.6 Å². The number of amides is 1. The van der Waals surface area contributed by atoms with Gasteiger partial charge in [-0.1, -0.05) is 23.7 Å². The minimum atomic E-state index is -5.18. The average Bonchev–Trinajstić information content (AvgIpc) is 2.85. The maximum absolute atomic E-state index is 13.7. The molecule has 0 saturated carbocycles. The molecular weight excluding hydrogens is 568 g/mol. The number of rotatable bonds is 10. The Bertz CT molecular complexity index is 1420. The van der Waals surface area contributed by atoms with Crippen LogP contribution in [0.1, 0.15) is 16.7 Å². The number of hydrogen-bond donors (Lipinski definition) is 2. The van der Waals surface area contributed by atoms with Gasteiger partial charge in [0.05, 0.1) is 29.2 Å². The number of nitrogens with zero attached hydrogens (tertiary/aromatic N) is 3. The number of likely N-dealkylation sites (N-methyl/N-ethyl adjacent to an activating group) is 1. The zero-order chi connectivity index (χ0) is 30.3. The molecule has 8 nitrogen and oxygen atoms in total. The van der Waals surface area contributed by atoms with E-state index in [1.54, 1.807) is 6.07 Å². The Morgan fingerprint density at radius 1 is 1.18 bits per heavy atom. The lowest BCUT2D eigenvalue weighted by molar-refractivity contribution is -0.137. The first kappa shape index (κ1) is 31.6. The fourth-order valence-corrected chi connectivity index (χ4v) is 3.20. The lowest BCUT2D eigenvalue weighted by atomic mass is 10.0. The smallest absolute Gasteiger partial charge is 0.437 e. The number of ether oxygens (including phenoxy) is 1. The van der Waals surface area contributed by atoms with E-state index in [9.17, 15) is 35.9 Å².